The van der Waals surface area contributed by atoms with Crippen LogP contribution in [0.25, 0.3) is 11.6 Å². The Morgan fingerprint density at radius 1 is 1.17 bits per heavy atom. The largest absolute Gasteiger partial charge is 0.497 e. The molecule has 1 fully saturated rings. The van der Waals surface area contributed by atoms with Crippen LogP contribution in [0, 0.1) is 6.92 Å². The normalized spacial score (nSPS) is 17.0. The molecule has 0 spiro atoms. The molecule has 160 valence electrons. The maximum atomic E-state index is 12.8. The summed E-state index contributed by atoms with van der Waals surface area (Å²) in [5, 5.41) is 3.48. The van der Waals surface area contributed by atoms with Gasteiger partial charge in [-0.3, -0.25) is 4.79 Å². The Labute approximate surface area is 179 Å². The van der Waals surface area contributed by atoms with Gasteiger partial charge < -0.3 is 19.7 Å². The number of methoxy groups -OCH3 is 2. The summed E-state index contributed by atoms with van der Waals surface area (Å²) in [6, 6.07) is 12.5. The van der Waals surface area contributed by atoms with Crippen LogP contribution < -0.4 is 19.7 Å². The summed E-state index contributed by atoms with van der Waals surface area (Å²) in [7, 11) is 3.23. The summed E-state index contributed by atoms with van der Waals surface area (Å²) in [5.41, 5.74) is 4.89. The van der Waals surface area contributed by atoms with E-state index < -0.39 is 0 Å². The van der Waals surface area contributed by atoms with Crippen LogP contribution in [0.15, 0.2) is 36.4 Å². The van der Waals surface area contributed by atoms with Gasteiger partial charge in [0.05, 0.1) is 14.2 Å². The standard InChI is InChI=1S/C25H32N2O3/c1-6-25(28)24(20-12-22(29-4)15-23(13-20)30-5)14-19-7-8-21(11-17(19)2)27-10-9-26-18(3)16-27/h7-8,11-15,18,26H,6,9-10,16H2,1-5H3/b24-14-/t18-/m1/s1. The minimum atomic E-state index is 0.0877. The average molecular weight is 409 g/mol. The lowest BCUT2D eigenvalue weighted by atomic mass is 9.95. The van der Waals surface area contributed by atoms with Crippen LogP contribution in [0.2, 0.25) is 0 Å². The minimum absolute atomic E-state index is 0.0877. The zero-order chi connectivity index (χ0) is 21.7. The summed E-state index contributed by atoms with van der Waals surface area (Å²) < 4.78 is 10.8. The highest BCUT2D eigenvalue weighted by atomic mass is 16.5. The predicted molar refractivity (Wildman–Crippen MR) is 124 cm³/mol. The first-order valence-corrected chi connectivity index (χ1v) is 10.5. The fourth-order valence-corrected chi connectivity index (χ4v) is 3.82. The number of ether oxygens (including phenoxy) is 2. The zero-order valence-electron chi connectivity index (χ0n) is 18.6. The highest BCUT2D eigenvalue weighted by Crippen LogP contribution is 2.31. The zero-order valence-corrected chi connectivity index (χ0v) is 18.6. The van der Waals surface area contributed by atoms with E-state index in [4.69, 9.17) is 9.47 Å². The quantitative estimate of drug-likeness (QED) is 0.546. The molecule has 0 aromatic heterocycles. The Morgan fingerprint density at radius 2 is 1.87 bits per heavy atom. The Kier molecular flexibility index (Phi) is 7.16. The van der Waals surface area contributed by atoms with Crippen molar-refractivity contribution in [2.45, 2.75) is 33.2 Å². The van der Waals surface area contributed by atoms with Gasteiger partial charge in [0.15, 0.2) is 5.78 Å². The fraction of sp³-hybridized carbons (Fsp3) is 0.400. The molecule has 0 bridgehead atoms. The molecule has 1 heterocycles. The Bertz CT molecular complexity index is 914. The van der Waals surface area contributed by atoms with E-state index >= 15 is 0 Å². The van der Waals surface area contributed by atoms with Crippen LogP contribution in [0.5, 0.6) is 11.5 Å². The SMILES string of the molecule is CCC(=O)/C(=C\c1ccc(N2CCN[C@H](C)C2)cc1C)c1cc(OC)cc(OC)c1. The molecule has 30 heavy (non-hydrogen) atoms. The Hall–Kier alpha value is -2.79. The van der Waals surface area contributed by atoms with Crippen molar-refractivity contribution in [2.24, 2.45) is 0 Å². The minimum Gasteiger partial charge on any atom is -0.497 e. The molecule has 0 amide bonds. The first kappa shape index (κ1) is 21.9. The molecule has 1 aliphatic rings. The van der Waals surface area contributed by atoms with E-state index in [-0.39, 0.29) is 5.78 Å². The number of anilines is 1. The smallest absolute Gasteiger partial charge is 0.163 e. The highest BCUT2D eigenvalue weighted by Gasteiger charge is 2.17. The summed E-state index contributed by atoms with van der Waals surface area (Å²) >= 11 is 0. The van der Waals surface area contributed by atoms with Crippen molar-refractivity contribution < 1.29 is 14.3 Å². The lowest BCUT2D eigenvalue weighted by molar-refractivity contribution is -0.113. The lowest BCUT2D eigenvalue weighted by Crippen LogP contribution is -2.49. The molecule has 0 saturated carbocycles. The summed E-state index contributed by atoms with van der Waals surface area (Å²) in [6.07, 6.45) is 2.42. The van der Waals surface area contributed by atoms with Gasteiger partial charge in [0.25, 0.3) is 0 Å². The second-order valence-corrected chi connectivity index (χ2v) is 7.78. The number of hydrogen-bond donors (Lipinski definition) is 1. The molecular weight excluding hydrogens is 376 g/mol. The molecule has 0 aliphatic carbocycles. The van der Waals surface area contributed by atoms with Gasteiger partial charge in [0, 0.05) is 49.4 Å². The number of aryl methyl sites for hydroxylation is 1. The number of nitrogens with one attached hydrogen (secondary N) is 1. The second-order valence-electron chi connectivity index (χ2n) is 7.78. The van der Waals surface area contributed by atoms with Crippen LogP contribution in [-0.4, -0.2) is 45.7 Å². The molecule has 1 saturated heterocycles. The summed E-state index contributed by atoms with van der Waals surface area (Å²) in [6.45, 7) is 9.19. The van der Waals surface area contributed by atoms with Gasteiger partial charge in [-0.2, -0.15) is 0 Å². The number of carbonyl (C=O) groups excluding carboxylic acids is 1. The highest BCUT2D eigenvalue weighted by molar-refractivity contribution is 6.25. The topological polar surface area (TPSA) is 50.8 Å². The van der Waals surface area contributed by atoms with Gasteiger partial charge in [-0.15, -0.1) is 0 Å². The molecule has 0 radical (unpaired) electrons. The van der Waals surface area contributed by atoms with E-state index in [1.54, 1.807) is 14.2 Å². The Balaban J connectivity index is 1.99. The van der Waals surface area contributed by atoms with Crippen LogP contribution in [0.1, 0.15) is 37.0 Å². The number of piperazine rings is 1. The predicted octanol–water partition coefficient (Wildman–Crippen LogP) is 4.33. The van der Waals surface area contributed by atoms with E-state index in [2.05, 4.69) is 42.3 Å². The third-order valence-corrected chi connectivity index (χ3v) is 5.57. The number of carbonyl (C=O) groups is 1. The van der Waals surface area contributed by atoms with E-state index in [0.29, 0.717) is 29.5 Å². The van der Waals surface area contributed by atoms with Crippen molar-refractivity contribution in [3.63, 3.8) is 0 Å². The van der Waals surface area contributed by atoms with Crippen LogP contribution >= 0.6 is 0 Å². The number of ketones is 1. The van der Waals surface area contributed by atoms with E-state index in [9.17, 15) is 4.79 Å². The van der Waals surface area contributed by atoms with Gasteiger partial charge in [0.2, 0.25) is 0 Å². The maximum Gasteiger partial charge on any atom is 0.163 e. The number of Topliss-reactive ketones (excluding diaryl/α,β-unsaturated/α-hetero) is 1. The maximum absolute atomic E-state index is 12.8. The van der Waals surface area contributed by atoms with Gasteiger partial charge >= 0.3 is 0 Å². The van der Waals surface area contributed by atoms with Gasteiger partial charge in [-0.25, -0.2) is 0 Å². The molecule has 2 aromatic rings. The number of nitrogens with zero attached hydrogens (tertiary/aromatic N) is 1. The van der Waals surface area contributed by atoms with Gasteiger partial charge in [-0.1, -0.05) is 13.0 Å². The molecule has 2 aromatic carbocycles. The summed E-state index contributed by atoms with van der Waals surface area (Å²) in [4.78, 5) is 15.2. The molecule has 5 nitrogen and oxygen atoms in total. The molecule has 5 heteroatoms. The lowest BCUT2D eigenvalue weighted by Gasteiger charge is -2.34. The van der Waals surface area contributed by atoms with Crippen molar-refractivity contribution in [2.75, 3.05) is 38.8 Å². The van der Waals surface area contributed by atoms with Crippen molar-refractivity contribution in [1.29, 1.82) is 0 Å². The second kappa shape index (κ2) is 9.81. The van der Waals surface area contributed by atoms with Crippen LogP contribution in [0.4, 0.5) is 5.69 Å². The first-order chi connectivity index (χ1) is 14.4. The van der Waals surface area contributed by atoms with Gasteiger partial charge in [0.1, 0.15) is 11.5 Å². The van der Waals surface area contributed by atoms with E-state index in [0.717, 1.165) is 36.3 Å². The van der Waals surface area contributed by atoms with Crippen LogP contribution in [0.3, 0.4) is 0 Å². The van der Waals surface area contributed by atoms with Crippen LogP contribution in [-0.2, 0) is 4.79 Å². The molecule has 3 rings (SSSR count). The van der Waals surface area contributed by atoms with Gasteiger partial charge in [-0.05, 0) is 60.9 Å². The fourth-order valence-electron chi connectivity index (χ4n) is 3.82. The van der Waals surface area contributed by atoms with Crippen molar-refractivity contribution >= 4 is 23.1 Å². The van der Waals surface area contributed by atoms with Crippen molar-refractivity contribution in [1.82, 2.24) is 5.32 Å². The number of allylic oxidation sites excluding steroid dienone is 1. The van der Waals surface area contributed by atoms with E-state index in [1.807, 2.05) is 31.2 Å². The Morgan fingerprint density at radius 3 is 2.43 bits per heavy atom. The van der Waals surface area contributed by atoms with Crippen molar-refractivity contribution in [3.8, 4) is 11.5 Å². The number of rotatable bonds is 7. The van der Waals surface area contributed by atoms with E-state index in [1.165, 1.54) is 5.69 Å². The average Bonchev–Trinajstić information content (AvgIpc) is 2.77. The third-order valence-electron chi connectivity index (χ3n) is 5.57. The monoisotopic (exact) mass is 408 g/mol. The third kappa shape index (κ3) is 5.03. The molecule has 0 unspecified atom stereocenters. The molecular formula is C25H32N2O3. The number of hydrogen-bond acceptors (Lipinski definition) is 5. The van der Waals surface area contributed by atoms with Crippen molar-refractivity contribution in [3.05, 3.63) is 53.1 Å². The number of benzene rings is 2. The molecule has 1 N–H and O–H groups in total. The summed E-state index contributed by atoms with van der Waals surface area (Å²) in [5.74, 6) is 1.42. The molecule has 1 aliphatic heterocycles. The first-order valence-electron chi connectivity index (χ1n) is 10.5. The molecule has 1 atom stereocenters.